The highest BCUT2D eigenvalue weighted by atomic mass is 32.1. The molecule has 0 unspecified atom stereocenters. The zero-order chi connectivity index (χ0) is 13.7. The Morgan fingerprint density at radius 1 is 1.42 bits per heavy atom. The van der Waals surface area contributed by atoms with Gasteiger partial charge in [-0.3, -0.25) is 4.79 Å². The number of rotatable bonds is 4. The number of carbonyl (C=O) groups is 1. The molecule has 0 saturated carbocycles. The lowest BCUT2D eigenvalue weighted by Crippen LogP contribution is -2.20. The standard InChI is InChI=1S/C13H9FN2O2S/c14-10-3-1-2-4-11(10)18-8-12(17)16-13-9(7-15)5-6-19-13/h1-6H,8H2,(H,16,17). The van der Waals surface area contributed by atoms with E-state index in [-0.39, 0.29) is 12.4 Å². The van der Waals surface area contributed by atoms with Crippen molar-refractivity contribution in [2.45, 2.75) is 0 Å². The molecule has 0 atom stereocenters. The van der Waals surface area contributed by atoms with Crippen LogP contribution in [0.4, 0.5) is 9.39 Å². The number of amides is 1. The number of nitriles is 1. The van der Waals surface area contributed by atoms with Gasteiger partial charge in [-0.15, -0.1) is 11.3 Å². The first-order valence-electron chi connectivity index (χ1n) is 5.35. The number of carbonyl (C=O) groups excluding carboxylic acids is 1. The normalized spacial score (nSPS) is 9.68. The Kier molecular flexibility index (Phi) is 4.11. The molecule has 4 nitrogen and oxygen atoms in total. The molecule has 0 radical (unpaired) electrons. The fourth-order valence-electron chi connectivity index (χ4n) is 1.36. The number of halogens is 1. The van der Waals surface area contributed by atoms with E-state index in [0.29, 0.717) is 10.6 Å². The van der Waals surface area contributed by atoms with Gasteiger partial charge in [0.25, 0.3) is 5.91 Å². The van der Waals surface area contributed by atoms with Gasteiger partial charge in [0, 0.05) is 0 Å². The van der Waals surface area contributed by atoms with E-state index >= 15 is 0 Å². The molecule has 0 spiro atoms. The third-order valence-electron chi connectivity index (χ3n) is 2.23. The molecule has 1 aromatic carbocycles. The van der Waals surface area contributed by atoms with Crippen molar-refractivity contribution in [1.82, 2.24) is 0 Å². The average molecular weight is 276 g/mol. The van der Waals surface area contributed by atoms with Gasteiger partial charge in [0.2, 0.25) is 0 Å². The van der Waals surface area contributed by atoms with Gasteiger partial charge in [-0.25, -0.2) is 4.39 Å². The topological polar surface area (TPSA) is 62.1 Å². The SMILES string of the molecule is N#Cc1ccsc1NC(=O)COc1ccccc1F. The van der Waals surface area contributed by atoms with Crippen LogP contribution >= 0.6 is 11.3 Å². The molecule has 19 heavy (non-hydrogen) atoms. The Morgan fingerprint density at radius 3 is 2.95 bits per heavy atom. The summed E-state index contributed by atoms with van der Waals surface area (Å²) in [5.74, 6) is -0.948. The summed E-state index contributed by atoms with van der Waals surface area (Å²) < 4.78 is 18.3. The van der Waals surface area contributed by atoms with Crippen LogP contribution in [0.15, 0.2) is 35.7 Å². The van der Waals surface area contributed by atoms with Crippen molar-refractivity contribution in [3.05, 3.63) is 47.1 Å². The summed E-state index contributed by atoms with van der Waals surface area (Å²) in [6, 6.07) is 9.41. The van der Waals surface area contributed by atoms with Crippen LogP contribution in [-0.4, -0.2) is 12.5 Å². The van der Waals surface area contributed by atoms with E-state index < -0.39 is 11.7 Å². The second-order valence-electron chi connectivity index (χ2n) is 3.54. The molecule has 0 saturated heterocycles. The molecule has 1 N–H and O–H groups in total. The highest BCUT2D eigenvalue weighted by Crippen LogP contribution is 2.22. The van der Waals surface area contributed by atoms with Crippen molar-refractivity contribution in [3.8, 4) is 11.8 Å². The van der Waals surface area contributed by atoms with Crippen LogP contribution in [0.1, 0.15) is 5.56 Å². The van der Waals surface area contributed by atoms with Crippen molar-refractivity contribution in [2.24, 2.45) is 0 Å². The zero-order valence-electron chi connectivity index (χ0n) is 9.72. The van der Waals surface area contributed by atoms with E-state index in [4.69, 9.17) is 10.00 Å². The zero-order valence-corrected chi connectivity index (χ0v) is 10.5. The lowest BCUT2D eigenvalue weighted by Gasteiger charge is -2.07. The quantitative estimate of drug-likeness (QED) is 0.934. The van der Waals surface area contributed by atoms with E-state index in [9.17, 15) is 9.18 Å². The molecule has 1 amide bonds. The van der Waals surface area contributed by atoms with Gasteiger partial charge < -0.3 is 10.1 Å². The lowest BCUT2D eigenvalue weighted by molar-refractivity contribution is -0.118. The summed E-state index contributed by atoms with van der Waals surface area (Å²) in [5, 5.41) is 13.5. The predicted molar refractivity (Wildman–Crippen MR) is 69.6 cm³/mol. The molecular formula is C13H9FN2O2S. The summed E-state index contributed by atoms with van der Waals surface area (Å²) in [5.41, 5.74) is 0.393. The Morgan fingerprint density at radius 2 is 2.21 bits per heavy atom. The maximum atomic E-state index is 13.2. The van der Waals surface area contributed by atoms with Gasteiger partial charge >= 0.3 is 0 Å². The van der Waals surface area contributed by atoms with E-state index in [0.717, 1.165) is 0 Å². The van der Waals surface area contributed by atoms with Crippen LogP contribution in [0, 0.1) is 17.1 Å². The number of thiophene rings is 1. The van der Waals surface area contributed by atoms with Gasteiger partial charge in [0.1, 0.15) is 11.1 Å². The number of benzene rings is 1. The molecule has 0 bridgehead atoms. The Labute approximate surface area is 113 Å². The largest absolute Gasteiger partial charge is 0.481 e. The summed E-state index contributed by atoms with van der Waals surface area (Å²) in [6.45, 7) is -0.316. The lowest BCUT2D eigenvalue weighted by atomic mass is 10.3. The monoisotopic (exact) mass is 276 g/mol. The van der Waals surface area contributed by atoms with Crippen molar-refractivity contribution in [2.75, 3.05) is 11.9 Å². The highest BCUT2D eigenvalue weighted by molar-refractivity contribution is 7.14. The molecule has 0 aliphatic heterocycles. The van der Waals surface area contributed by atoms with Crippen LogP contribution in [0.25, 0.3) is 0 Å². The summed E-state index contributed by atoms with van der Waals surface area (Å²) in [6.07, 6.45) is 0. The van der Waals surface area contributed by atoms with Crippen molar-refractivity contribution in [3.63, 3.8) is 0 Å². The van der Waals surface area contributed by atoms with Gasteiger partial charge in [-0.1, -0.05) is 12.1 Å². The Bertz CT molecular complexity index is 634. The molecule has 2 rings (SSSR count). The number of anilines is 1. The smallest absolute Gasteiger partial charge is 0.262 e. The fourth-order valence-corrected chi connectivity index (χ4v) is 2.12. The predicted octanol–water partition coefficient (Wildman–Crippen LogP) is 2.78. The minimum atomic E-state index is -0.524. The van der Waals surface area contributed by atoms with Crippen LogP contribution < -0.4 is 10.1 Å². The maximum Gasteiger partial charge on any atom is 0.262 e. The van der Waals surface area contributed by atoms with Gasteiger partial charge in [0.15, 0.2) is 18.2 Å². The maximum absolute atomic E-state index is 13.2. The van der Waals surface area contributed by atoms with Crippen LogP contribution in [0.3, 0.4) is 0 Å². The number of hydrogen-bond acceptors (Lipinski definition) is 4. The summed E-state index contributed by atoms with van der Waals surface area (Å²) >= 11 is 1.24. The molecule has 1 heterocycles. The summed E-state index contributed by atoms with van der Waals surface area (Å²) in [7, 11) is 0. The van der Waals surface area contributed by atoms with E-state index in [1.54, 1.807) is 17.5 Å². The van der Waals surface area contributed by atoms with Gasteiger partial charge in [0.05, 0.1) is 5.56 Å². The first kappa shape index (κ1) is 13.1. The first-order valence-corrected chi connectivity index (χ1v) is 6.23. The second-order valence-corrected chi connectivity index (χ2v) is 4.46. The molecule has 1 aromatic heterocycles. The third-order valence-corrected chi connectivity index (χ3v) is 3.06. The van der Waals surface area contributed by atoms with E-state index in [1.807, 2.05) is 6.07 Å². The first-order chi connectivity index (χ1) is 9.20. The number of hydrogen-bond donors (Lipinski definition) is 1. The fraction of sp³-hybridized carbons (Fsp3) is 0.0769. The molecule has 6 heteroatoms. The van der Waals surface area contributed by atoms with Crippen LogP contribution in [-0.2, 0) is 4.79 Å². The number of nitrogens with zero attached hydrogens (tertiary/aromatic N) is 1. The summed E-state index contributed by atoms with van der Waals surface area (Å²) in [4.78, 5) is 11.6. The Balaban J connectivity index is 1.93. The molecule has 2 aromatic rings. The average Bonchev–Trinajstić information content (AvgIpc) is 2.85. The molecule has 0 fully saturated rings. The number of nitrogens with one attached hydrogen (secondary N) is 1. The van der Waals surface area contributed by atoms with Crippen molar-refractivity contribution >= 4 is 22.2 Å². The van der Waals surface area contributed by atoms with Crippen LogP contribution in [0.2, 0.25) is 0 Å². The van der Waals surface area contributed by atoms with E-state index in [1.165, 1.54) is 29.5 Å². The molecule has 0 aliphatic carbocycles. The van der Waals surface area contributed by atoms with Gasteiger partial charge in [-0.05, 0) is 23.6 Å². The minimum absolute atomic E-state index is 0.0179. The molecule has 0 aliphatic rings. The second kappa shape index (κ2) is 5.98. The van der Waals surface area contributed by atoms with Crippen LogP contribution in [0.5, 0.6) is 5.75 Å². The minimum Gasteiger partial charge on any atom is -0.481 e. The number of ether oxygens (including phenoxy) is 1. The Hall–Kier alpha value is -2.39. The molecular weight excluding hydrogens is 267 g/mol. The van der Waals surface area contributed by atoms with Gasteiger partial charge in [-0.2, -0.15) is 5.26 Å². The third kappa shape index (κ3) is 3.30. The van der Waals surface area contributed by atoms with Crippen molar-refractivity contribution in [1.29, 1.82) is 5.26 Å². The highest BCUT2D eigenvalue weighted by Gasteiger charge is 2.10. The number of para-hydroxylation sites is 1. The van der Waals surface area contributed by atoms with E-state index in [2.05, 4.69) is 5.32 Å². The molecule has 96 valence electrons. The van der Waals surface area contributed by atoms with Crippen molar-refractivity contribution < 1.29 is 13.9 Å².